The van der Waals surface area contributed by atoms with Crippen molar-refractivity contribution in [3.8, 4) is 5.75 Å². The number of methoxy groups -OCH3 is 1. The third-order valence-electron chi connectivity index (χ3n) is 4.15. The first-order chi connectivity index (χ1) is 10.2. The van der Waals surface area contributed by atoms with E-state index in [1.807, 2.05) is 36.9 Å². The summed E-state index contributed by atoms with van der Waals surface area (Å²) in [5.41, 5.74) is 1.25. The number of nitrogens with zero attached hydrogens (tertiary/aromatic N) is 1. The molecule has 4 nitrogen and oxygen atoms in total. The maximum absolute atomic E-state index is 12.2. The lowest BCUT2D eigenvalue weighted by atomic mass is 9.88. The lowest BCUT2D eigenvalue weighted by molar-refractivity contribution is -0.143. The highest BCUT2D eigenvalue weighted by Gasteiger charge is 2.27. The summed E-state index contributed by atoms with van der Waals surface area (Å²) in [6, 6.07) is 8.17. The number of likely N-dealkylation sites (tertiary alicyclic amines) is 1. The maximum Gasteiger partial charge on any atom is 0.251 e. The Kier molecular flexibility index (Phi) is 5.62. The van der Waals surface area contributed by atoms with Crippen LogP contribution in [-0.2, 0) is 9.53 Å². The van der Waals surface area contributed by atoms with Crippen molar-refractivity contribution in [1.29, 1.82) is 0 Å². The van der Waals surface area contributed by atoms with Crippen LogP contribution in [0.15, 0.2) is 24.3 Å². The van der Waals surface area contributed by atoms with Crippen molar-refractivity contribution in [3.05, 3.63) is 29.8 Å². The number of piperidine rings is 1. The van der Waals surface area contributed by atoms with Crippen molar-refractivity contribution in [3.63, 3.8) is 0 Å². The molecule has 1 atom stereocenters. The highest BCUT2D eigenvalue weighted by Crippen LogP contribution is 2.34. The van der Waals surface area contributed by atoms with E-state index in [0.29, 0.717) is 12.5 Å². The number of ether oxygens (including phenoxy) is 2. The van der Waals surface area contributed by atoms with Gasteiger partial charge in [0.15, 0.2) is 0 Å². The summed E-state index contributed by atoms with van der Waals surface area (Å²) in [4.78, 5) is 14.2. The van der Waals surface area contributed by atoms with Crippen molar-refractivity contribution in [1.82, 2.24) is 4.90 Å². The topological polar surface area (TPSA) is 38.8 Å². The summed E-state index contributed by atoms with van der Waals surface area (Å²) in [7, 11) is 1.71. The van der Waals surface area contributed by atoms with Crippen LogP contribution in [0.4, 0.5) is 0 Å². The number of carbonyl (C=O) groups is 1. The molecule has 0 unspecified atom stereocenters. The SMILES string of the molecule is CCO[C@H](C)C(=O)N1CCC(c2ccccc2OC)CC1. The van der Waals surface area contributed by atoms with Crippen molar-refractivity contribution in [2.24, 2.45) is 0 Å². The van der Waals surface area contributed by atoms with Crippen LogP contribution in [0.2, 0.25) is 0 Å². The van der Waals surface area contributed by atoms with Gasteiger partial charge in [-0.1, -0.05) is 18.2 Å². The number of amides is 1. The Hall–Kier alpha value is -1.55. The van der Waals surface area contributed by atoms with Gasteiger partial charge in [0.1, 0.15) is 11.9 Å². The van der Waals surface area contributed by atoms with Gasteiger partial charge in [0.25, 0.3) is 5.91 Å². The lowest BCUT2D eigenvalue weighted by Crippen LogP contribution is -2.43. The number of hydrogen-bond donors (Lipinski definition) is 0. The fourth-order valence-electron chi connectivity index (χ4n) is 2.99. The third-order valence-corrected chi connectivity index (χ3v) is 4.15. The van der Waals surface area contributed by atoms with Gasteiger partial charge in [-0.25, -0.2) is 0 Å². The Balaban J connectivity index is 1.95. The Morgan fingerprint density at radius 2 is 2.00 bits per heavy atom. The summed E-state index contributed by atoms with van der Waals surface area (Å²) >= 11 is 0. The fraction of sp³-hybridized carbons (Fsp3) is 0.588. The van der Waals surface area contributed by atoms with Gasteiger partial charge in [0, 0.05) is 19.7 Å². The fourth-order valence-corrected chi connectivity index (χ4v) is 2.99. The van der Waals surface area contributed by atoms with E-state index in [2.05, 4.69) is 6.07 Å². The predicted octanol–water partition coefficient (Wildman–Crippen LogP) is 2.83. The predicted molar refractivity (Wildman–Crippen MR) is 82.6 cm³/mol. The standard InChI is InChI=1S/C17H25NO3/c1-4-21-13(2)17(19)18-11-9-14(10-12-18)15-7-5-6-8-16(15)20-3/h5-8,13-14H,4,9-12H2,1-3H3/t13-/m1/s1. The van der Waals surface area contributed by atoms with E-state index in [-0.39, 0.29) is 12.0 Å². The molecule has 0 bridgehead atoms. The monoisotopic (exact) mass is 291 g/mol. The highest BCUT2D eigenvalue weighted by atomic mass is 16.5. The van der Waals surface area contributed by atoms with Crippen LogP contribution in [-0.4, -0.2) is 43.7 Å². The minimum Gasteiger partial charge on any atom is -0.496 e. The van der Waals surface area contributed by atoms with E-state index in [1.54, 1.807) is 7.11 Å². The molecule has 116 valence electrons. The van der Waals surface area contributed by atoms with E-state index in [0.717, 1.165) is 31.7 Å². The summed E-state index contributed by atoms with van der Waals surface area (Å²) in [5, 5.41) is 0. The Labute approximate surface area is 127 Å². The minimum atomic E-state index is -0.335. The van der Waals surface area contributed by atoms with Crippen molar-refractivity contribution < 1.29 is 14.3 Å². The molecule has 1 fully saturated rings. The van der Waals surface area contributed by atoms with Gasteiger partial charge in [-0.3, -0.25) is 4.79 Å². The molecule has 21 heavy (non-hydrogen) atoms. The van der Waals surface area contributed by atoms with Gasteiger partial charge in [-0.2, -0.15) is 0 Å². The maximum atomic E-state index is 12.2. The molecule has 0 N–H and O–H groups in total. The lowest BCUT2D eigenvalue weighted by Gasteiger charge is -2.34. The molecule has 1 heterocycles. The average Bonchev–Trinajstić information content (AvgIpc) is 2.54. The van der Waals surface area contributed by atoms with Crippen LogP contribution >= 0.6 is 0 Å². The van der Waals surface area contributed by atoms with Crippen LogP contribution in [0.1, 0.15) is 38.2 Å². The Morgan fingerprint density at radius 1 is 1.33 bits per heavy atom. The summed E-state index contributed by atoms with van der Waals surface area (Å²) in [6.07, 6.45) is 1.62. The first-order valence-electron chi connectivity index (χ1n) is 7.70. The molecule has 0 aromatic heterocycles. The smallest absolute Gasteiger partial charge is 0.251 e. The molecule has 0 aliphatic carbocycles. The molecule has 4 heteroatoms. The molecule has 2 rings (SSSR count). The first kappa shape index (κ1) is 15.8. The van der Waals surface area contributed by atoms with Gasteiger partial charge in [0.05, 0.1) is 7.11 Å². The van der Waals surface area contributed by atoms with E-state index in [1.165, 1.54) is 5.56 Å². The number of carbonyl (C=O) groups excluding carboxylic acids is 1. The first-order valence-corrected chi connectivity index (χ1v) is 7.70. The molecular formula is C17H25NO3. The molecule has 1 aliphatic rings. The molecule has 1 amide bonds. The van der Waals surface area contributed by atoms with Gasteiger partial charge >= 0.3 is 0 Å². The number of rotatable bonds is 5. The third kappa shape index (κ3) is 3.76. The second kappa shape index (κ2) is 7.46. The molecule has 1 aromatic rings. The zero-order valence-corrected chi connectivity index (χ0v) is 13.2. The van der Waals surface area contributed by atoms with Crippen molar-refractivity contribution >= 4 is 5.91 Å². The molecule has 0 spiro atoms. The Bertz CT molecular complexity index is 467. The average molecular weight is 291 g/mol. The van der Waals surface area contributed by atoms with E-state index < -0.39 is 0 Å². The Morgan fingerprint density at radius 3 is 2.62 bits per heavy atom. The summed E-state index contributed by atoms with van der Waals surface area (Å²) in [6.45, 7) is 5.90. The number of hydrogen-bond acceptors (Lipinski definition) is 3. The van der Waals surface area contributed by atoms with Crippen LogP contribution < -0.4 is 4.74 Å². The second-order valence-electron chi connectivity index (χ2n) is 5.44. The number of benzene rings is 1. The quantitative estimate of drug-likeness (QED) is 0.837. The summed E-state index contributed by atoms with van der Waals surface area (Å²) < 4.78 is 10.8. The van der Waals surface area contributed by atoms with Crippen LogP contribution in [0, 0.1) is 0 Å². The van der Waals surface area contributed by atoms with Crippen LogP contribution in [0.25, 0.3) is 0 Å². The van der Waals surface area contributed by atoms with E-state index in [4.69, 9.17) is 9.47 Å². The molecular weight excluding hydrogens is 266 g/mol. The second-order valence-corrected chi connectivity index (χ2v) is 5.44. The van der Waals surface area contributed by atoms with Gasteiger partial charge in [-0.05, 0) is 44.2 Å². The molecule has 1 aliphatic heterocycles. The van der Waals surface area contributed by atoms with Gasteiger partial charge in [0.2, 0.25) is 0 Å². The normalized spacial score (nSPS) is 17.6. The van der Waals surface area contributed by atoms with Crippen LogP contribution in [0.5, 0.6) is 5.75 Å². The molecule has 0 saturated carbocycles. The van der Waals surface area contributed by atoms with E-state index >= 15 is 0 Å². The molecule has 1 saturated heterocycles. The van der Waals surface area contributed by atoms with Gasteiger partial charge in [-0.15, -0.1) is 0 Å². The largest absolute Gasteiger partial charge is 0.496 e. The molecule has 1 aromatic carbocycles. The van der Waals surface area contributed by atoms with E-state index in [9.17, 15) is 4.79 Å². The summed E-state index contributed by atoms with van der Waals surface area (Å²) in [5.74, 6) is 1.52. The number of para-hydroxylation sites is 1. The van der Waals surface area contributed by atoms with Gasteiger partial charge < -0.3 is 14.4 Å². The minimum absolute atomic E-state index is 0.107. The zero-order chi connectivity index (χ0) is 15.2. The highest BCUT2D eigenvalue weighted by molar-refractivity contribution is 5.80. The molecule has 0 radical (unpaired) electrons. The van der Waals surface area contributed by atoms with Crippen molar-refractivity contribution in [2.75, 3.05) is 26.8 Å². The van der Waals surface area contributed by atoms with Crippen LogP contribution in [0.3, 0.4) is 0 Å². The van der Waals surface area contributed by atoms with Crippen molar-refractivity contribution in [2.45, 2.75) is 38.7 Å². The zero-order valence-electron chi connectivity index (χ0n) is 13.2.